The monoisotopic (exact) mass is 415 g/mol. The van der Waals surface area contributed by atoms with Crippen molar-refractivity contribution in [2.24, 2.45) is 0 Å². The number of piperazine rings is 1. The molecule has 2 aromatic heterocycles. The summed E-state index contributed by atoms with van der Waals surface area (Å²) in [6.07, 6.45) is 0. The number of esters is 1. The predicted octanol–water partition coefficient (Wildman–Crippen LogP) is 3.39. The zero-order valence-electron chi connectivity index (χ0n) is 16.6. The van der Waals surface area contributed by atoms with Crippen LogP contribution in [0, 0.1) is 13.8 Å². The Morgan fingerprint density at radius 2 is 1.90 bits per heavy atom. The lowest BCUT2D eigenvalue weighted by molar-refractivity contribution is 0.0512. The van der Waals surface area contributed by atoms with E-state index in [-0.39, 0.29) is 12.4 Å². The van der Waals surface area contributed by atoms with Crippen molar-refractivity contribution in [2.75, 3.05) is 42.6 Å². The van der Waals surface area contributed by atoms with Gasteiger partial charge in [0.2, 0.25) is 5.82 Å². The van der Waals surface area contributed by atoms with E-state index < -0.39 is 5.97 Å². The van der Waals surface area contributed by atoms with Crippen LogP contribution in [0.25, 0.3) is 11.1 Å². The summed E-state index contributed by atoms with van der Waals surface area (Å²) in [6, 6.07) is 5.93. The quantitative estimate of drug-likeness (QED) is 0.599. The van der Waals surface area contributed by atoms with Crippen molar-refractivity contribution in [2.45, 2.75) is 20.8 Å². The van der Waals surface area contributed by atoms with E-state index in [1.165, 1.54) is 5.56 Å². The number of rotatable bonds is 4. The van der Waals surface area contributed by atoms with Crippen LogP contribution in [0.15, 0.2) is 22.7 Å². The summed E-state index contributed by atoms with van der Waals surface area (Å²) in [5, 5.41) is 5.45. The van der Waals surface area contributed by atoms with E-state index in [1.807, 2.05) is 25.1 Å². The Hall–Kier alpha value is -2.87. The Labute approximate surface area is 173 Å². The van der Waals surface area contributed by atoms with E-state index in [4.69, 9.17) is 20.9 Å². The summed E-state index contributed by atoms with van der Waals surface area (Å²) >= 11 is 6.19. The third-order valence-electron chi connectivity index (χ3n) is 5.04. The van der Waals surface area contributed by atoms with E-state index >= 15 is 0 Å². The van der Waals surface area contributed by atoms with Gasteiger partial charge in [0, 0.05) is 36.9 Å². The minimum absolute atomic E-state index is 0.0152. The fourth-order valence-corrected chi connectivity index (χ4v) is 3.73. The van der Waals surface area contributed by atoms with Crippen molar-refractivity contribution >= 4 is 40.2 Å². The fourth-order valence-electron chi connectivity index (χ4n) is 3.57. The number of fused-ring (bicyclic) bond motifs is 1. The topological polar surface area (TPSA) is 84.6 Å². The number of carbonyl (C=O) groups excluding carboxylic acids is 1. The molecule has 1 aromatic carbocycles. The largest absolute Gasteiger partial charge is 0.460 e. The average molecular weight is 416 g/mol. The van der Waals surface area contributed by atoms with Gasteiger partial charge in [-0.2, -0.15) is 4.98 Å². The second kappa shape index (κ2) is 7.87. The van der Waals surface area contributed by atoms with Crippen LogP contribution in [-0.2, 0) is 4.74 Å². The molecule has 8 nitrogen and oxygen atoms in total. The van der Waals surface area contributed by atoms with Crippen LogP contribution in [0.5, 0.6) is 0 Å². The molecule has 9 heteroatoms. The van der Waals surface area contributed by atoms with Gasteiger partial charge in [-0.15, -0.1) is 0 Å². The molecule has 0 unspecified atom stereocenters. The van der Waals surface area contributed by atoms with Gasteiger partial charge in [0.25, 0.3) is 5.71 Å². The molecule has 0 atom stereocenters. The first-order valence-electron chi connectivity index (χ1n) is 9.55. The molecule has 0 aliphatic carbocycles. The van der Waals surface area contributed by atoms with Gasteiger partial charge in [-0.05, 0) is 38.5 Å². The zero-order chi connectivity index (χ0) is 20.5. The highest BCUT2D eigenvalue weighted by Crippen LogP contribution is 2.30. The number of hydrogen-bond acceptors (Lipinski definition) is 8. The van der Waals surface area contributed by atoms with Crippen LogP contribution in [0.3, 0.4) is 0 Å². The molecular weight excluding hydrogens is 394 g/mol. The molecule has 3 aromatic rings. The highest BCUT2D eigenvalue weighted by atomic mass is 35.5. The van der Waals surface area contributed by atoms with Gasteiger partial charge in [-0.25, -0.2) is 9.78 Å². The standard InChI is InChI=1S/C20H22ClN5O3/c1-4-28-20(27)17-22-18(16-13(3)24-29-19(16)23-17)26-9-7-25(8-10-26)15-11-14(21)6-5-12(15)2/h5-6,11H,4,7-10H2,1-3H3. The van der Waals surface area contributed by atoms with Gasteiger partial charge < -0.3 is 19.1 Å². The Morgan fingerprint density at radius 3 is 2.62 bits per heavy atom. The number of benzene rings is 1. The Balaban J connectivity index is 1.63. The lowest BCUT2D eigenvalue weighted by atomic mass is 10.1. The molecule has 3 heterocycles. The maximum absolute atomic E-state index is 12.2. The molecule has 0 saturated carbocycles. The van der Waals surface area contributed by atoms with Crippen molar-refractivity contribution in [3.8, 4) is 0 Å². The van der Waals surface area contributed by atoms with E-state index in [0.29, 0.717) is 17.2 Å². The number of carbonyl (C=O) groups is 1. The summed E-state index contributed by atoms with van der Waals surface area (Å²) in [4.78, 5) is 25.3. The van der Waals surface area contributed by atoms with Crippen LogP contribution in [0.2, 0.25) is 5.02 Å². The number of ether oxygens (including phenoxy) is 1. The molecule has 1 aliphatic heterocycles. The molecule has 152 valence electrons. The Morgan fingerprint density at radius 1 is 1.17 bits per heavy atom. The number of hydrogen-bond donors (Lipinski definition) is 0. The molecule has 1 aliphatic rings. The highest BCUT2D eigenvalue weighted by molar-refractivity contribution is 6.30. The molecule has 0 spiro atoms. The van der Waals surface area contributed by atoms with Crippen LogP contribution >= 0.6 is 11.6 Å². The molecule has 29 heavy (non-hydrogen) atoms. The van der Waals surface area contributed by atoms with E-state index in [2.05, 4.69) is 31.8 Å². The fraction of sp³-hybridized carbons (Fsp3) is 0.400. The highest BCUT2D eigenvalue weighted by Gasteiger charge is 2.26. The first kappa shape index (κ1) is 19.4. The van der Waals surface area contributed by atoms with Gasteiger partial charge in [-0.3, -0.25) is 0 Å². The van der Waals surface area contributed by atoms with Gasteiger partial charge in [0.1, 0.15) is 11.2 Å². The normalized spacial score (nSPS) is 14.5. The molecule has 0 amide bonds. The summed E-state index contributed by atoms with van der Waals surface area (Å²) in [5.41, 5.74) is 3.31. The third kappa shape index (κ3) is 3.72. The van der Waals surface area contributed by atoms with Crippen molar-refractivity contribution < 1.29 is 14.1 Å². The second-order valence-corrected chi connectivity index (χ2v) is 7.38. The Bertz CT molecular complexity index is 1060. The van der Waals surface area contributed by atoms with Gasteiger partial charge in [0.15, 0.2) is 0 Å². The SMILES string of the molecule is CCOC(=O)c1nc(N2CCN(c3cc(Cl)ccc3C)CC2)c2c(C)noc2n1. The first-order chi connectivity index (χ1) is 14.0. The zero-order valence-corrected chi connectivity index (χ0v) is 17.4. The van der Waals surface area contributed by atoms with Crippen molar-refractivity contribution in [1.29, 1.82) is 0 Å². The van der Waals surface area contributed by atoms with Crippen molar-refractivity contribution in [3.05, 3.63) is 40.3 Å². The molecule has 0 bridgehead atoms. The van der Waals surface area contributed by atoms with Crippen molar-refractivity contribution in [3.63, 3.8) is 0 Å². The minimum Gasteiger partial charge on any atom is -0.460 e. The molecule has 1 fully saturated rings. The van der Waals surface area contributed by atoms with Crippen molar-refractivity contribution in [1.82, 2.24) is 15.1 Å². The maximum atomic E-state index is 12.2. The number of halogens is 1. The predicted molar refractivity (Wildman–Crippen MR) is 111 cm³/mol. The van der Waals surface area contributed by atoms with Crippen LogP contribution < -0.4 is 9.80 Å². The summed E-state index contributed by atoms with van der Waals surface area (Å²) < 4.78 is 10.4. The summed E-state index contributed by atoms with van der Waals surface area (Å²) in [6.45, 7) is 8.97. The van der Waals surface area contributed by atoms with Gasteiger partial charge >= 0.3 is 5.97 Å². The molecule has 4 rings (SSSR count). The first-order valence-corrected chi connectivity index (χ1v) is 9.93. The molecule has 1 saturated heterocycles. The van der Waals surface area contributed by atoms with E-state index in [9.17, 15) is 4.79 Å². The lowest BCUT2D eigenvalue weighted by Crippen LogP contribution is -2.47. The molecule has 0 radical (unpaired) electrons. The number of nitrogens with zero attached hydrogens (tertiary/aromatic N) is 5. The van der Waals surface area contributed by atoms with Crippen LogP contribution in [0.4, 0.5) is 11.5 Å². The van der Waals surface area contributed by atoms with Gasteiger partial charge in [0.05, 0.1) is 12.3 Å². The molecule has 0 N–H and O–H groups in total. The maximum Gasteiger partial charge on any atom is 0.376 e. The van der Waals surface area contributed by atoms with Crippen LogP contribution in [0.1, 0.15) is 28.8 Å². The number of anilines is 2. The Kier molecular flexibility index (Phi) is 5.27. The number of aromatic nitrogens is 3. The lowest BCUT2D eigenvalue weighted by Gasteiger charge is -2.37. The minimum atomic E-state index is -0.571. The van der Waals surface area contributed by atoms with Gasteiger partial charge in [-0.1, -0.05) is 22.8 Å². The third-order valence-corrected chi connectivity index (χ3v) is 5.27. The van der Waals surface area contributed by atoms with E-state index in [1.54, 1.807) is 6.92 Å². The summed E-state index contributed by atoms with van der Waals surface area (Å²) in [7, 11) is 0. The second-order valence-electron chi connectivity index (χ2n) is 6.94. The number of aryl methyl sites for hydroxylation is 2. The summed E-state index contributed by atoms with van der Waals surface area (Å²) in [5.74, 6) is 0.0655. The van der Waals surface area contributed by atoms with E-state index in [0.717, 1.165) is 42.3 Å². The smallest absolute Gasteiger partial charge is 0.376 e. The molecular formula is C20H22ClN5O3. The average Bonchev–Trinajstić information content (AvgIpc) is 3.10. The van der Waals surface area contributed by atoms with Crippen LogP contribution in [-0.4, -0.2) is 53.9 Å².